The zero-order valence-electron chi connectivity index (χ0n) is 7.94. The second-order valence-corrected chi connectivity index (χ2v) is 2.53. The van der Waals surface area contributed by atoms with Crippen LogP contribution < -0.4 is 4.74 Å². The van der Waals surface area contributed by atoms with Crippen LogP contribution in [0.3, 0.4) is 0 Å². The van der Waals surface area contributed by atoms with E-state index in [1.54, 1.807) is 12.1 Å². The first kappa shape index (κ1) is 10.2. The molecule has 0 fully saturated rings. The minimum absolute atomic E-state index is 0.160. The van der Waals surface area contributed by atoms with Crippen LogP contribution in [0.15, 0.2) is 18.2 Å². The number of carbonyl (C=O) groups excluding carboxylic acids is 2. The van der Waals surface area contributed by atoms with E-state index in [1.807, 2.05) is 0 Å². The molecule has 14 heavy (non-hydrogen) atoms. The molecule has 0 saturated heterocycles. The molecule has 0 N–H and O–H groups in total. The normalized spacial score (nSPS) is 9.29. The second kappa shape index (κ2) is 4.41. The Morgan fingerprint density at radius 3 is 2.57 bits per heavy atom. The van der Waals surface area contributed by atoms with Gasteiger partial charge in [0, 0.05) is 5.56 Å². The lowest BCUT2D eigenvalue weighted by atomic mass is 10.1. The molecule has 0 spiro atoms. The molecule has 0 unspecified atom stereocenters. The van der Waals surface area contributed by atoms with Gasteiger partial charge in [0.25, 0.3) is 0 Å². The van der Waals surface area contributed by atoms with Crippen LogP contribution in [-0.2, 0) is 4.74 Å². The van der Waals surface area contributed by atoms with Crippen molar-refractivity contribution in [1.29, 1.82) is 0 Å². The van der Waals surface area contributed by atoms with E-state index in [0.29, 0.717) is 12.0 Å². The van der Waals surface area contributed by atoms with Crippen LogP contribution in [0.25, 0.3) is 0 Å². The molecule has 1 rings (SSSR count). The predicted molar refractivity (Wildman–Crippen MR) is 49.7 cm³/mol. The van der Waals surface area contributed by atoms with Crippen molar-refractivity contribution in [3.63, 3.8) is 0 Å². The van der Waals surface area contributed by atoms with Crippen molar-refractivity contribution < 1.29 is 19.1 Å². The van der Waals surface area contributed by atoms with E-state index in [1.165, 1.54) is 20.3 Å². The summed E-state index contributed by atoms with van der Waals surface area (Å²) in [6.45, 7) is 0. The van der Waals surface area contributed by atoms with E-state index in [0.717, 1.165) is 0 Å². The highest BCUT2D eigenvalue weighted by Crippen LogP contribution is 2.21. The molecule has 0 saturated carbocycles. The lowest BCUT2D eigenvalue weighted by Gasteiger charge is -2.07. The molecular formula is C10H10O4. The monoisotopic (exact) mass is 194 g/mol. The first-order valence-corrected chi connectivity index (χ1v) is 3.95. The lowest BCUT2D eigenvalue weighted by molar-refractivity contribution is 0.0594. The van der Waals surface area contributed by atoms with Crippen molar-refractivity contribution in [2.24, 2.45) is 0 Å². The summed E-state index contributed by atoms with van der Waals surface area (Å²) in [4.78, 5) is 22.0. The van der Waals surface area contributed by atoms with Crippen molar-refractivity contribution in [2.75, 3.05) is 14.2 Å². The molecule has 0 amide bonds. The number of benzene rings is 1. The Labute approximate surface area is 81.4 Å². The Balaban J connectivity index is 3.32. The third kappa shape index (κ3) is 1.74. The number of aldehydes is 1. The summed E-state index contributed by atoms with van der Waals surface area (Å²) in [5, 5.41) is 0. The smallest absolute Gasteiger partial charge is 0.342 e. The second-order valence-electron chi connectivity index (χ2n) is 2.53. The molecule has 0 aliphatic rings. The molecule has 0 aliphatic carbocycles. The minimum Gasteiger partial charge on any atom is -0.496 e. The Hall–Kier alpha value is -1.84. The Morgan fingerprint density at radius 1 is 1.36 bits per heavy atom. The van der Waals surface area contributed by atoms with Gasteiger partial charge in [0.05, 0.1) is 14.2 Å². The first-order valence-electron chi connectivity index (χ1n) is 3.95. The van der Waals surface area contributed by atoms with E-state index in [2.05, 4.69) is 4.74 Å². The highest BCUT2D eigenvalue weighted by Gasteiger charge is 2.16. The van der Waals surface area contributed by atoms with Gasteiger partial charge in [-0.15, -0.1) is 0 Å². The number of ether oxygens (including phenoxy) is 2. The molecule has 0 heterocycles. The first-order chi connectivity index (χ1) is 6.74. The summed E-state index contributed by atoms with van der Waals surface area (Å²) in [5.41, 5.74) is 0.420. The molecule has 1 aromatic rings. The number of hydrogen-bond donors (Lipinski definition) is 0. The van der Waals surface area contributed by atoms with Gasteiger partial charge in [0.1, 0.15) is 11.3 Å². The van der Waals surface area contributed by atoms with Crippen LogP contribution in [0.1, 0.15) is 20.7 Å². The summed E-state index contributed by atoms with van der Waals surface area (Å²) in [6.07, 6.45) is 0.592. The Morgan fingerprint density at radius 2 is 2.07 bits per heavy atom. The van der Waals surface area contributed by atoms with E-state index >= 15 is 0 Å². The molecule has 0 aromatic heterocycles. The molecule has 4 nitrogen and oxygen atoms in total. The third-order valence-electron chi connectivity index (χ3n) is 1.79. The van der Waals surface area contributed by atoms with Crippen LogP contribution in [0.2, 0.25) is 0 Å². The molecule has 0 radical (unpaired) electrons. The maximum atomic E-state index is 11.3. The lowest BCUT2D eigenvalue weighted by Crippen LogP contribution is -2.07. The molecule has 4 heteroatoms. The van der Waals surface area contributed by atoms with Crippen molar-refractivity contribution in [3.05, 3.63) is 29.3 Å². The number of methoxy groups -OCH3 is 2. The number of carbonyl (C=O) groups is 2. The zero-order valence-corrected chi connectivity index (χ0v) is 7.94. The molecule has 1 aromatic carbocycles. The molecule has 74 valence electrons. The largest absolute Gasteiger partial charge is 0.496 e. The summed E-state index contributed by atoms with van der Waals surface area (Å²) in [5.74, 6) is -0.244. The summed E-state index contributed by atoms with van der Waals surface area (Å²) < 4.78 is 9.49. The van der Waals surface area contributed by atoms with E-state index in [4.69, 9.17) is 4.74 Å². The van der Waals surface area contributed by atoms with E-state index in [-0.39, 0.29) is 11.1 Å². The summed E-state index contributed by atoms with van der Waals surface area (Å²) in [7, 11) is 2.68. The van der Waals surface area contributed by atoms with Gasteiger partial charge in [0.2, 0.25) is 0 Å². The van der Waals surface area contributed by atoms with Crippen LogP contribution in [0.4, 0.5) is 0 Å². The van der Waals surface area contributed by atoms with Gasteiger partial charge in [0.15, 0.2) is 6.29 Å². The van der Waals surface area contributed by atoms with Gasteiger partial charge < -0.3 is 9.47 Å². The van der Waals surface area contributed by atoms with Crippen molar-refractivity contribution >= 4 is 12.3 Å². The molecule has 0 atom stereocenters. The predicted octanol–water partition coefficient (Wildman–Crippen LogP) is 1.29. The fourth-order valence-corrected chi connectivity index (χ4v) is 1.14. The van der Waals surface area contributed by atoms with Crippen molar-refractivity contribution in [2.45, 2.75) is 0 Å². The van der Waals surface area contributed by atoms with Crippen LogP contribution in [0, 0.1) is 0 Å². The van der Waals surface area contributed by atoms with Gasteiger partial charge in [-0.05, 0) is 6.07 Å². The van der Waals surface area contributed by atoms with Crippen molar-refractivity contribution in [1.82, 2.24) is 0 Å². The number of rotatable bonds is 3. The van der Waals surface area contributed by atoms with Crippen molar-refractivity contribution in [3.8, 4) is 5.75 Å². The minimum atomic E-state index is -0.579. The van der Waals surface area contributed by atoms with Gasteiger partial charge in [-0.25, -0.2) is 4.79 Å². The zero-order chi connectivity index (χ0) is 10.6. The van der Waals surface area contributed by atoms with Gasteiger partial charge >= 0.3 is 5.97 Å². The number of esters is 1. The highest BCUT2D eigenvalue weighted by atomic mass is 16.5. The summed E-state index contributed by atoms with van der Waals surface area (Å²) >= 11 is 0. The maximum Gasteiger partial charge on any atom is 0.342 e. The topological polar surface area (TPSA) is 52.6 Å². The average molecular weight is 194 g/mol. The summed E-state index contributed by atoms with van der Waals surface area (Å²) in [6, 6.07) is 4.76. The van der Waals surface area contributed by atoms with Gasteiger partial charge in [-0.2, -0.15) is 0 Å². The van der Waals surface area contributed by atoms with E-state index < -0.39 is 5.97 Å². The highest BCUT2D eigenvalue weighted by molar-refractivity contribution is 6.00. The maximum absolute atomic E-state index is 11.3. The Kier molecular flexibility index (Phi) is 3.23. The van der Waals surface area contributed by atoms with E-state index in [9.17, 15) is 9.59 Å². The number of hydrogen-bond acceptors (Lipinski definition) is 4. The van der Waals surface area contributed by atoms with Crippen LogP contribution in [0.5, 0.6) is 5.75 Å². The fourth-order valence-electron chi connectivity index (χ4n) is 1.14. The van der Waals surface area contributed by atoms with Gasteiger partial charge in [-0.1, -0.05) is 12.1 Å². The fraction of sp³-hybridized carbons (Fsp3) is 0.200. The third-order valence-corrected chi connectivity index (χ3v) is 1.79. The standard InChI is InChI=1S/C10H10O4/c1-13-8-5-3-4-7(6-11)9(8)10(12)14-2/h3-6H,1-2H3. The average Bonchev–Trinajstić information content (AvgIpc) is 2.26. The molecule has 0 aliphatic heterocycles. The van der Waals surface area contributed by atoms with Gasteiger partial charge in [-0.3, -0.25) is 4.79 Å². The van der Waals surface area contributed by atoms with Crippen LogP contribution in [-0.4, -0.2) is 26.5 Å². The Bertz CT molecular complexity index is 357. The SMILES string of the molecule is COC(=O)c1c(C=O)cccc1OC. The van der Waals surface area contributed by atoms with Crippen LogP contribution >= 0.6 is 0 Å². The molecule has 0 bridgehead atoms. The molecular weight excluding hydrogens is 184 g/mol. The quantitative estimate of drug-likeness (QED) is 0.537.